The van der Waals surface area contributed by atoms with Crippen LogP contribution in [0, 0.1) is 0 Å². The standard InChI is InChI=1S/C6H6N3/c1-2-7-3-6-5(1)8-4-9-6/h3-4H,1-2H2. The Bertz CT molecular complexity index is 212. The van der Waals surface area contributed by atoms with Crippen molar-refractivity contribution < 1.29 is 0 Å². The predicted octanol–water partition coefficient (Wildman–Crippen LogP) is 0.319. The van der Waals surface area contributed by atoms with E-state index in [4.69, 9.17) is 0 Å². The average molecular weight is 120 g/mol. The molecule has 1 radical (unpaired) electrons. The third kappa shape index (κ3) is 0.650. The third-order valence-electron chi connectivity index (χ3n) is 1.40. The Kier molecular flexibility index (Phi) is 0.886. The maximum absolute atomic E-state index is 4.06. The van der Waals surface area contributed by atoms with E-state index in [1.165, 1.54) is 0 Å². The molecule has 0 unspecified atom stereocenters. The van der Waals surface area contributed by atoms with Crippen LogP contribution < -0.4 is 5.32 Å². The Balaban J connectivity index is 2.35. The van der Waals surface area contributed by atoms with Crippen molar-refractivity contribution in [2.75, 3.05) is 6.54 Å². The molecule has 0 aromatic carbocycles. The highest BCUT2D eigenvalue weighted by molar-refractivity contribution is 5.86. The summed E-state index contributed by atoms with van der Waals surface area (Å²) in [4.78, 5) is 8.06. The minimum Gasteiger partial charge on any atom is -0.290 e. The first-order valence-electron chi connectivity index (χ1n) is 2.93. The summed E-state index contributed by atoms with van der Waals surface area (Å²) in [7, 11) is 0. The Morgan fingerprint density at radius 2 is 2.44 bits per heavy atom. The van der Waals surface area contributed by atoms with Crippen LogP contribution in [0.5, 0.6) is 0 Å². The van der Waals surface area contributed by atoms with Crippen LogP contribution in [0.3, 0.4) is 0 Å². The molecule has 0 saturated carbocycles. The van der Waals surface area contributed by atoms with Crippen molar-refractivity contribution in [3.63, 3.8) is 0 Å². The lowest BCUT2D eigenvalue weighted by Crippen LogP contribution is -2.03. The van der Waals surface area contributed by atoms with E-state index >= 15 is 0 Å². The molecule has 45 valence electrons. The van der Waals surface area contributed by atoms with Gasteiger partial charge in [-0.2, -0.15) is 0 Å². The second kappa shape index (κ2) is 1.69. The van der Waals surface area contributed by atoms with Gasteiger partial charge in [-0.25, -0.2) is 10.3 Å². The molecule has 0 aliphatic carbocycles. The number of nitrogens with zero attached hydrogens (tertiary/aromatic N) is 3. The topological polar surface area (TPSA) is 38.8 Å². The van der Waals surface area contributed by atoms with Crippen molar-refractivity contribution in [3.05, 3.63) is 11.4 Å². The van der Waals surface area contributed by atoms with E-state index in [-0.39, 0.29) is 0 Å². The normalized spacial score (nSPS) is 22.2. The van der Waals surface area contributed by atoms with Crippen molar-refractivity contribution >= 4 is 12.6 Å². The lowest BCUT2D eigenvalue weighted by molar-refractivity contribution is 0.882. The van der Waals surface area contributed by atoms with Crippen molar-refractivity contribution in [2.24, 2.45) is 9.98 Å². The number of dihydropyridines is 1. The predicted molar refractivity (Wildman–Crippen MR) is 35.6 cm³/mol. The zero-order chi connectivity index (χ0) is 6.10. The van der Waals surface area contributed by atoms with Crippen LogP contribution >= 0.6 is 0 Å². The second-order valence-corrected chi connectivity index (χ2v) is 1.99. The molecule has 0 atom stereocenters. The first-order valence-corrected chi connectivity index (χ1v) is 2.93. The molecule has 0 amide bonds. The summed E-state index contributed by atoms with van der Waals surface area (Å²) in [6.07, 6.45) is 4.32. The second-order valence-electron chi connectivity index (χ2n) is 1.99. The summed E-state index contributed by atoms with van der Waals surface area (Å²) in [5.74, 6) is 0. The van der Waals surface area contributed by atoms with Crippen LogP contribution in [0.4, 0.5) is 0 Å². The molecule has 0 aromatic rings. The van der Waals surface area contributed by atoms with Gasteiger partial charge >= 0.3 is 0 Å². The highest BCUT2D eigenvalue weighted by atomic mass is 15.0. The van der Waals surface area contributed by atoms with Gasteiger partial charge in [0.2, 0.25) is 0 Å². The Morgan fingerprint density at radius 3 is 3.33 bits per heavy atom. The molecule has 0 aromatic heterocycles. The summed E-state index contributed by atoms with van der Waals surface area (Å²) in [6, 6.07) is 0. The highest BCUT2D eigenvalue weighted by Crippen LogP contribution is 2.14. The average Bonchev–Trinajstić information content (AvgIpc) is 2.33. The number of aliphatic imine (C=N–C) groups is 2. The highest BCUT2D eigenvalue weighted by Gasteiger charge is 2.11. The Morgan fingerprint density at radius 1 is 1.44 bits per heavy atom. The number of hydrogen-bond donors (Lipinski definition) is 0. The van der Waals surface area contributed by atoms with E-state index in [0.29, 0.717) is 0 Å². The summed E-state index contributed by atoms with van der Waals surface area (Å²) in [5.41, 5.74) is 2.03. The van der Waals surface area contributed by atoms with Gasteiger partial charge in [0.15, 0.2) is 0 Å². The monoisotopic (exact) mass is 120 g/mol. The van der Waals surface area contributed by atoms with Crippen LogP contribution in [0.1, 0.15) is 6.42 Å². The molecule has 0 N–H and O–H groups in total. The number of allylic oxidation sites excluding steroid dienone is 1. The molecule has 0 bridgehead atoms. The minimum absolute atomic E-state index is 0.867. The van der Waals surface area contributed by atoms with Crippen molar-refractivity contribution in [3.8, 4) is 0 Å². The summed E-state index contributed by atoms with van der Waals surface area (Å²) < 4.78 is 0. The van der Waals surface area contributed by atoms with Crippen LogP contribution in [0.15, 0.2) is 21.4 Å². The molecule has 2 aliphatic heterocycles. The maximum atomic E-state index is 4.06. The molecule has 2 rings (SSSR count). The molecule has 2 heterocycles. The fourth-order valence-corrected chi connectivity index (χ4v) is 0.923. The van der Waals surface area contributed by atoms with Gasteiger partial charge in [-0.15, -0.1) is 0 Å². The van der Waals surface area contributed by atoms with Gasteiger partial charge in [0.05, 0.1) is 5.70 Å². The van der Waals surface area contributed by atoms with Gasteiger partial charge < -0.3 is 0 Å². The summed E-state index contributed by atoms with van der Waals surface area (Å²) >= 11 is 0. The van der Waals surface area contributed by atoms with Crippen LogP contribution in [-0.2, 0) is 0 Å². The van der Waals surface area contributed by atoms with E-state index in [0.717, 1.165) is 24.4 Å². The first kappa shape index (κ1) is 4.73. The third-order valence-corrected chi connectivity index (χ3v) is 1.40. The molecule has 2 aliphatic rings. The van der Waals surface area contributed by atoms with Crippen LogP contribution in [0.2, 0.25) is 0 Å². The van der Waals surface area contributed by atoms with Gasteiger partial charge in [-0.3, -0.25) is 4.99 Å². The van der Waals surface area contributed by atoms with Gasteiger partial charge in [0, 0.05) is 19.2 Å². The quantitative estimate of drug-likeness (QED) is 0.441. The molecular formula is C6H6N3. The van der Waals surface area contributed by atoms with Crippen molar-refractivity contribution in [1.82, 2.24) is 5.32 Å². The largest absolute Gasteiger partial charge is 0.290 e. The Labute approximate surface area is 53.2 Å². The minimum atomic E-state index is 0.867. The number of rotatable bonds is 0. The van der Waals surface area contributed by atoms with Gasteiger partial charge in [0.1, 0.15) is 12.0 Å². The summed E-state index contributed by atoms with van der Waals surface area (Å²) in [5, 5.41) is 4.05. The SMILES string of the molecule is C1=NCCC2=C1N=C[N]2. The molecular weight excluding hydrogens is 114 g/mol. The molecule has 0 spiro atoms. The Hall–Kier alpha value is -1.12. The van der Waals surface area contributed by atoms with Gasteiger partial charge in [-0.05, 0) is 0 Å². The fraction of sp³-hybridized carbons (Fsp3) is 0.333. The molecule has 9 heavy (non-hydrogen) atoms. The van der Waals surface area contributed by atoms with E-state index in [1.807, 2.05) is 0 Å². The first-order chi connectivity index (χ1) is 4.47. The smallest absolute Gasteiger partial charge is 0.116 e. The number of hydrogen-bond acceptors (Lipinski definition) is 2. The molecule has 0 fully saturated rings. The molecule has 3 nitrogen and oxygen atoms in total. The fourth-order valence-electron chi connectivity index (χ4n) is 0.923. The lowest BCUT2D eigenvalue weighted by atomic mass is 10.2. The van der Waals surface area contributed by atoms with E-state index < -0.39 is 0 Å². The van der Waals surface area contributed by atoms with E-state index in [1.54, 1.807) is 12.6 Å². The molecule has 3 heteroatoms. The zero-order valence-corrected chi connectivity index (χ0v) is 4.91. The van der Waals surface area contributed by atoms with E-state index in [9.17, 15) is 0 Å². The van der Waals surface area contributed by atoms with Gasteiger partial charge in [0.25, 0.3) is 0 Å². The molecule has 0 saturated heterocycles. The summed E-state index contributed by atoms with van der Waals surface area (Å²) in [6.45, 7) is 0.867. The lowest BCUT2D eigenvalue weighted by Gasteiger charge is -2.02. The zero-order valence-electron chi connectivity index (χ0n) is 4.91. The van der Waals surface area contributed by atoms with Crippen molar-refractivity contribution in [2.45, 2.75) is 6.42 Å². The maximum Gasteiger partial charge on any atom is 0.116 e. The van der Waals surface area contributed by atoms with Gasteiger partial charge in [-0.1, -0.05) is 0 Å². The van der Waals surface area contributed by atoms with Crippen LogP contribution in [0.25, 0.3) is 0 Å². The van der Waals surface area contributed by atoms with Crippen LogP contribution in [-0.4, -0.2) is 19.1 Å². The van der Waals surface area contributed by atoms with Crippen molar-refractivity contribution in [1.29, 1.82) is 0 Å². The van der Waals surface area contributed by atoms with E-state index in [2.05, 4.69) is 15.3 Å².